The van der Waals surface area contributed by atoms with E-state index in [1.807, 2.05) is 29.6 Å². The van der Waals surface area contributed by atoms with Gasteiger partial charge in [-0.2, -0.15) is 4.31 Å². The molecular formula is C21H21Cl2N3O3S2. The Bertz CT molecular complexity index is 1210. The van der Waals surface area contributed by atoms with E-state index in [0.29, 0.717) is 36.8 Å². The molecule has 10 heteroatoms. The molecule has 0 N–H and O–H groups in total. The van der Waals surface area contributed by atoms with Crippen LogP contribution in [0.15, 0.2) is 46.7 Å². The first-order valence-electron chi connectivity index (χ1n) is 9.61. The van der Waals surface area contributed by atoms with Crippen LogP contribution in [0.4, 0.5) is 5.13 Å². The molecule has 0 amide bonds. The first kappa shape index (κ1) is 22.4. The van der Waals surface area contributed by atoms with E-state index in [0.717, 1.165) is 22.1 Å². The van der Waals surface area contributed by atoms with Crippen LogP contribution in [-0.4, -0.2) is 51.0 Å². The zero-order valence-corrected chi connectivity index (χ0v) is 20.2. The number of hydrogen-bond acceptors (Lipinski definition) is 6. The fraction of sp³-hybridized carbons (Fsp3) is 0.286. The van der Waals surface area contributed by atoms with Gasteiger partial charge in [-0.15, -0.1) is 11.3 Å². The van der Waals surface area contributed by atoms with Crippen LogP contribution < -0.4 is 9.64 Å². The normalized spacial score (nSPS) is 15.3. The van der Waals surface area contributed by atoms with Crippen molar-refractivity contribution in [2.24, 2.45) is 0 Å². The highest BCUT2D eigenvalue weighted by atomic mass is 35.5. The number of aryl methyl sites for hydroxylation is 1. The Balaban J connectivity index is 1.49. The molecule has 0 unspecified atom stereocenters. The number of piperazine rings is 1. The second kappa shape index (κ2) is 8.96. The Hall–Kier alpha value is -1.84. The smallest absolute Gasteiger partial charge is 0.244 e. The van der Waals surface area contributed by atoms with Crippen LogP contribution >= 0.6 is 34.5 Å². The first-order valence-corrected chi connectivity index (χ1v) is 12.7. The number of anilines is 1. The lowest BCUT2D eigenvalue weighted by Crippen LogP contribution is -2.48. The molecule has 1 aliphatic rings. The van der Waals surface area contributed by atoms with Gasteiger partial charge in [0.25, 0.3) is 0 Å². The largest absolute Gasteiger partial charge is 0.496 e. The van der Waals surface area contributed by atoms with E-state index in [2.05, 4.69) is 4.90 Å². The number of nitrogens with zero attached hydrogens (tertiary/aromatic N) is 3. The summed E-state index contributed by atoms with van der Waals surface area (Å²) in [5.74, 6) is 0.769. The van der Waals surface area contributed by atoms with Crippen molar-refractivity contribution < 1.29 is 13.2 Å². The highest BCUT2D eigenvalue weighted by molar-refractivity contribution is 7.89. The molecule has 1 fully saturated rings. The Morgan fingerprint density at radius 1 is 1.06 bits per heavy atom. The van der Waals surface area contributed by atoms with Gasteiger partial charge in [0.2, 0.25) is 10.0 Å². The van der Waals surface area contributed by atoms with Gasteiger partial charge in [-0.05, 0) is 36.8 Å². The molecule has 0 spiro atoms. The van der Waals surface area contributed by atoms with Crippen molar-refractivity contribution in [1.82, 2.24) is 9.29 Å². The summed E-state index contributed by atoms with van der Waals surface area (Å²) in [6.45, 7) is 3.55. The lowest BCUT2D eigenvalue weighted by Gasteiger charge is -2.34. The molecule has 164 valence electrons. The predicted molar refractivity (Wildman–Crippen MR) is 126 cm³/mol. The van der Waals surface area contributed by atoms with Gasteiger partial charge in [-0.3, -0.25) is 0 Å². The molecule has 0 aliphatic carbocycles. The highest BCUT2D eigenvalue weighted by Gasteiger charge is 2.31. The van der Waals surface area contributed by atoms with E-state index in [-0.39, 0.29) is 9.92 Å². The third-order valence-corrected chi connectivity index (χ3v) is 8.89. The van der Waals surface area contributed by atoms with Crippen molar-refractivity contribution >= 4 is 49.7 Å². The Kier molecular flexibility index (Phi) is 6.46. The number of aromatic nitrogens is 1. The lowest BCUT2D eigenvalue weighted by molar-refractivity contribution is 0.385. The van der Waals surface area contributed by atoms with Crippen molar-refractivity contribution in [2.75, 3.05) is 38.2 Å². The first-order chi connectivity index (χ1) is 14.8. The summed E-state index contributed by atoms with van der Waals surface area (Å²) in [6, 6.07) is 10.8. The molecule has 1 aliphatic heterocycles. The zero-order valence-electron chi connectivity index (χ0n) is 17.0. The van der Waals surface area contributed by atoms with Crippen LogP contribution in [0.25, 0.3) is 11.3 Å². The lowest BCUT2D eigenvalue weighted by atomic mass is 10.1. The van der Waals surface area contributed by atoms with E-state index in [9.17, 15) is 8.42 Å². The maximum atomic E-state index is 13.1. The maximum absolute atomic E-state index is 13.1. The van der Waals surface area contributed by atoms with Crippen molar-refractivity contribution in [3.63, 3.8) is 0 Å². The number of ether oxygens (including phenoxy) is 1. The number of halogens is 2. The Morgan fingerprint density at radius 3 is 2.48 bits per heavy atom. The van der Waals surface area contributed by atoms with Crippen LogP contribution in [0.3, 0.4) is 0 Å². The second-order valence-corrected chi connectivity index (χ2v) is 10.7. The molecule has 0 saturated carbocycles. The fourth-order valence-electron chi connectivity index (χ4n) is 3.48. The molecule has 2 aromatic carbocycles. The van der Waals surface area contributed by atoms with E-state index in [1.54, 1.807) is 14.0 Å². The Labute approximate surface area is 196 Å². The van der Waals surface area contributed by atoms with Gasteiger partial charge in [0.15, 0.2) is 5.13 Å². The minimum atomic E-state index is -3.70. The van der Waals surface area contributed by atoms with Crippen molar-refractivity contribution in [3.05, 3.63) is 57.4 Å². The summed E-state index contributed by atoms with van der Waals surface area (Å²) < 4.78 is 33.2. The molecule has 1 aromatic heterocycles. The molecule has 1 saturated heterocycles. The number of rotatable bonds is 5. The number of thiazole rings is 1. The van der Waals surface area contributed by atoms with Gasteiger partial charge in [0, 0.05) is 42.1 Å². The molecule has 6 nitrogen and oxygen atoms in total. The standard InChI is InChI=1S/C21H21Cl2N3O3S2/c1-14-11-20(17(23)12-16(14)22)31(27,28)26-9-7-25(8-10-26)21-24-18(13-30-21)15-5-3-4-6-19(15)29-2/h3-6,11-13H,7-10H2,1-2H3. The quantitative estimate of drug-likeness (QED) is 0.499. The second-order valence-electron chi connectivity index (χ2n) is 7.14. The van der Waals surface area contributed by atoms with Crippen molar-refractivity contribution in [2.45, 2.75) is 11.8 Å². The zero-order chi connectivity index (χ0) is 22.2. The predicted octanol–water partition coefficient (Wildman–Crippen LogP) is 4.94. The van der Waals surface area contributed by atoms with Gasteiger partial charge >= 0.3 is 0 Å². The summed E-state index contributed by atoms with van der Waals surface area (Å²) in [6.07, 6.45) is 0. The van der Waals surface area contributed by atoms with Gasteiger partial charge < -0.3 is 9.64 Å². The molecular weight excluding hydrogens is 477 g/mol. The summed E-state index contributed by atoms with van der Waals surface area (Å²) in [5.41, 5.74) is 2.45. The summed E-state index contributed by atoms with van der Waals surface area (Å²) >= 11 is 13.8. The molecule has 2 heterocycles. The van der Waals surface area contributed by atoms with Crippen LogP contribution in [0.5, 0.6) is 5.75 Å². The molecule has 0 bridgehead atoms. The third kappa shape index (κ3) is 4.40. The van der Waals surface area contributed by atoms with Crippen LogP contribution in [0.2, 0.25) is 10.0 Å². The molecule has 4 rings (SSSR count). The summed E-state index contributed by atoms with van der Waals surface area (Å²) in [5, 5.41) is 3.44. The van der Waals surface area contributed by atoms with E-state index in [1.165, 1.54) is 27.8 Å². The topological polar surface area (TPSA) is 62.7 Å². The highest BCUT2D eigenvalue weighted by Crippen LogP contribution is 2.34. The number of sulfonamides is 1. The van der Waals surface area contributed by atoms with Gasteiger partial charge in [-0.1, -0.05) is 35.3 Å². The average molecular weight is 498 g/mol. The average Bonchev–Trinajstić information content (AvgIpc) is 3.26. The molecule has 0 radical (unpaired) electrons. The molecule has 0 atom stereocenters. The minimum Gasteiger partial charge on any atom is -0.496 e. The number of benzene rings is 2. The van der Waals surface area contributed by atoms with E-state index >= 15 is 0 Å². The van der Waals surface area contributed by atoms with Gasteiger partial charge in [0.1, 0.15) is 10.6 Å². The fourth-order valence-corrected chi connectivity index (χ4v) is 6.59. The molecule has 3 aromatic rings. The minimum absolute atomic E-state index is 0.0947. The van der Waals surface area contributed by atoms with E-state index < -0.39 is 10.0 Å². The maximum Gasteiger partial charge on any atom is 0.244 e. The SMILES string of the molecule is COc1ccccc1-c1csc(N2CCN(S(=O)(=O)c3cc(C)c(Cl)cc3Cl)CC2)n1. The van der Waals surface area contributed by atoms with Gasteiger partial charge in [-0.25, -0.2) is 13.4 Å². The monoisotopic (exact) mass is 497 g/mol. The summed E-state index contributed by atoms with van der Waals surface area (Å²) in [4.78, 5) is 6.95. The number of methoxy groups -OCH3 is 1. The van der Waals surface area contributed by atoms with Gasteiger partial charge in [0.05, 0.1) is 17.8 Å². The van der Waals surface area contributed by atoms with Crippen LogP contribution in [-0.2, 0) is 10.0 Å². The molecule has 31 heavy (non-hydrogen) atoms. The van der Waals surface area contributed by atoms with Crippen LogP contribution in [0.1, 0.15) is 5.56 Å². The van der Waals surface area contributed by atoms with E-state index in [4.69, 9.17) is 32.9 Å². The summed E-state index contributed by atoms with van der Waals surface area (Å²) in [7, 11) is -2.06. The Morgan fingerprint density at radius 2 is 1.77 bits per heavy atom. The third-order valence-electron chi connectivity index (χ3n) is 5.22. The van der Waals surface area contributed by atoms with Crippen LogP contribution in [0, 0.1) is 6.92 Å². The number of para-hydroxylation sites is 1. The number of hydrogen-bond donors (Lipinski definition) is 0. The van der Waals surface area contributed by atoms with Crippen molar-refractivity contribution in [3.8, 4) is 17.0 Å². The van der Waals surface area contributed by atoms with Crippen molar-refractivity contribution in [1.29, 1.82) is 0 Å².